The molecule has 30 heavy (non-hydrogen) atoms. The quantitative estimate of drug-likeness (QED) is 0.425. The fourth-order valence-corrected chi connectivity index (χ4v) is 5.39. The van der Waals surface area contributed by atoms with Crippen LogP contribution in [-0.2, 0) is 29.0 Å². The summed E-state index contributed by atoms with van der Waals surface area (Å²) in [6, 6.07) is 10.1. The largest absolute Gasteiger partial charge is 0.383 e. The zero-order chi connectivity index (χ0) is 21.1. The minimum absolute atomic E-state index is 0.0317. The average Bonchev–Trinajstić information content (AvgIpc) is 3.11. The highest BCUT2D eigenvalue weighted by Gasteiger charge is 2.33. The van der Waals surface area contributed by atoms with Gasteiger partial charge in [-0.2, -0.15) is 0 Å². The standard InChI is InChI=1S/C22H26N4O2S2/c1-3-22(2)11-15-16(12-28-22)30-20-18(15)19(23)25-21(26-20)29-13-17(27)24-10-9-14-7-5-4-6-8-14/h4-8H,3,9-13H2,1-2H3,(H,24,27)(H2,23,25,26)/t22-/m1/s1. The first-order valence-electron chi connectivity index (χ1n) is 10.1. The lowest BCUT2D eigenvalue weighted by Gasteiger charge is -2.33. The van der Waals surface area contributed by atoms with E-state index in [1.54, 1.807) is 11.3 Å². The number of rotatable bonds is 7. The molecule has 1 amide bonds. The summed E-state index contributed by atoms with van der Waals surface area (Å²) in [4.78, 5) is 23.4. The van der Waals surface area contributed by atoms with E-state index in [0.717, 1.165) is 29.5 Å². The molecule has 1 aliphatic rings. The Morgan fingerprint density at radius 1 is 1.33 bits per heavy atom. The lowest BCUT2D eigenvalue weighted by molar-refractivity contribution is -0.118. The maximum Gasteiger partial charge on any atom is 0.230 e. The van der Waals surface area contributed by atoms with Gasteiger partial charge in [-0.05, 0) is 30.9 Å². The molecule has 0 radical (unpaired) electrons. The molecule has 0 spiro atoms. The van der Waals surface area contributed by atoms with Gasteiger partial charge in [-0.25, -0.2) is 9.97 Å². The third kappa shape index (κ3) is 4.61. The number of amides is 1. The van der Waals surface area contributed by atoms with Gasteiger partial charge in [-0.1, -0.05) is 49.0 Å². The molecule has 0 aliphatic carbocycles. The van der Waals surface area contributed by atoms with Crippen molar-refractivity contribution in [3.05, 3.63) is 46.3 Å². The van der Waals surface area contributed by atoms with Crippen LogP contribution in [-0.4, -0.2) is 33.8 Å². The third-order valence-corrected chi connectivity index (χ3v) is 7.45. The summed E-state index contributed by atoms with van der Waals surface area (Å²) in [5.41, 5.74) is 8.57. The van der Waals surface area contributed by atoms with Gasteiger partial charge in [0.15, 0.2) is 5.16 Å². The smallest absolute Gasteiger partial charge is 0.230 e. The van der Waals surface area contributed by atoms with E-state index < -0.39 is 0 Å². The number of ether oxygens (including phenoxy) is 1. The molecule has 3 aromatic rings. The SMILES string of the molecule is CC[C@]1(C)Cc2c(sc3nc(SCC(=O)NCCc4ccccc4)nc(N)c23)CO1. The van der Waals surface area contributed by atoms with E-state index in [9.17, 15) is 4.79 Å². The molecule has 1 aromatic carbocycles. The van der Waals surface area contributed by atoms with Crippen molar-refractivity contribution in [1.29, 1.82) is 0 Å². The normalized spacial score (nSPS) is 18.3. The van der Waals surface area contributed by atoms with Crippen molar-refractivity contribution in [2.45, 2.75) is 50.5 Å². The van der Waals surface area contributed by atoms with Crippen molar-refractivity contribution in [3.63, 3.8) is 0 Å². The van der Waals surface area contributed by atoms with Gasteiger partial charge in [0.25, 0.3) is 0 Å². The minimum Gasteiger partial charge on any atom is -0.383 e. The number of hydrogen-bond acceptors (Lipinski definition) is 7. The van der Waals surface area contributed by atoms with Crippen LogP contribution < -0.4 is 11.1 Å². The highest BCUT2D eigenvalue weighted by atomic mass is 32.2. The number of anilines is 1. The van der Waals surface area contributed by atoms with Crippen LogP contribution in [0.5, 0.6) is 0 Å². The van der Waals surface area contributed by atoms with Gasteiger partial charge in [0.1, 0.15) is 10.6 Å². The summed E-state index contributed by atoms with van der Waals surface area (Å²) < 4.78 is 6.05. The van der Waals surface area contributed by atoms with Crippen molar-refractivity contribution in [2.24, 2.45) is 0 Å². The van der Waals surface area contributed by atoms with Gasteiger partial charge < -0.3 is 15.8 Å². The second-order valence-electron chi connectivity index (χ2n) is 7.72. The molecule has 8 heteroatoms. The second kappa shape index (κ2) is 8.91. The summed E-state index contributed by atoms with van der Waals surface area (Å²) in [7, 11) is 0. The van der Waals surface area contributed by atoms with E-state index in [0.29, 0.717) is 24.1 Å². The maximum atomic E-state index is 12.2. The predicted octanol–water partition coefficient (Wildman–Crippen LogP) is 3.97. The molecule has 4 rings (SSSR count). The molecule has 2 aromatic heterocycles. The lowest BCUT2D eigenvalue weighted by atomic mass is 9.90. The number of hydrogen-bond donors (Lipinski definition) is 2. The van der Waals surface area contributed by atoms with Crippen molar-refractivity contribution < 1.29 is 9.53 Å². The van der Waals surface area contributed by atoms with Crippen LogP contribution in [0, 0.1) is 0 Å². The number of nitrogen functional groups attached to an aromatic ring is 1. The Balaban J connectivity index is 1.39. The number of carbonyl (C=O) groups excluding carboxylic acids is 1. The number of carbonyl (C=O) groups is 1. The van der Waals surface area contributed by atoms with Gasteiger partial charge >= 0.3 is 0 Å². The number of aromatic nitrogens is 2. The Bertz CT molecular complexity index is 1050. The van der Waals surface area contributed by atoms with Crippen molar-refractivity contribution >= 4 is 45.0 Å². The number of thioether (sulfide) groups is 1. The van der Waals surface area contributed by atoms with Crippen LogP contribution in [0.25, 0.3) is 10.2 Å². The Kier molecular flexibility index (Phi) is 6.26. The number of thiophene rings is 1. The van der Waals surface area contributed by atoms with Crippen LogP contribution in [0.1, 0.15) is 36.3 Å². The van der Waals surface area contributed by atoms with Crippen LogP contribution >= 0.6 is 23.1 Å². The molecular formula is C22H26N4O2S2. The Hall–Kier alpha value is -2.16. The summed E-state index contributed by atoms with van der Waals surface area (Å²) in [5.74, 6) is 0.725. The molecule has 158 valence electrons. The molecule has 1 atom stereocenters. The first kappa shape index (κ1) is 21.1. The maximum absolute atomic E-state index is 12.2. The number of benzene rings is 1. The van der Waals surface area contributed by atoms with Crippen LogP contribution in [0.15, 0.2) is 35.5 Å². The monoisotopic (exact) mass is 442 g/mol. The summed E-state index contributed by atoms with van der Waals surface area (Å²) in [6.45, 7) is 5.47. The van der Waals surface area contributed by atoms with Crippen molar-refractivity contribution in [3.8, 4) is 0 Å². The van der Waals surface area contributed by atoms with E-state index in [2.05, 4.69) is 41.3 Å². The van der Waals surface area contributed by atoms with Gasteiger partial charge in [0, 0.05) is 17.8 Å². The van der Waals surface area contributed by atoms with Crippen LogP contribution in [0.2, 0.25) is 0 Å². The zero-order valence-electron chi connectivity index (χ0n) is 17.2. The molecule has 3 N–H and O–H groups in total. The Labute approximate surface area is 184 Å². The summed E-state index contributed by atoms with van der Waals surface area (Å²) >= 11 is 2.93. The molecule has 0 fully saturated rings. The van der Waals surface area contributed by atoms with E-state index in [-0.39, 0.29) is 17.3 Å². The molecule has 0 saturated heterocycles. The second-order valence-corrected chi connectivity index (χ2v) is 9.74. The minimum atomic E-state index is -0.168. The van der Waals surface area contributed by atoms with E-state index in [1.165, 1.54) is 27.8 Å². The van der Waals surface area contributed by atoms with E-state index in [4.69, 9.17) is 10.5 Å². The molecule has 6 nitrogen and oxygen atoms in total. The topological polar surface area (TPSA) is 90.1 Å². The molecule has 3 heterocycles. The first-order chi connectivity index (χ1) is 14.5. The average molecular weight is 443 g/mol. The van der Waals surface area contributed by atoms with E-state index in [1.807, 2.05) is 18.2 Å². The van der Waals surface area contributed by atoms with Gasteiger partial charge in [0.2, 0.25) is 5.91 Å². The lowest BCUT2D eigenvalue weighted by Crippen LogP contribution is -2.33. The number of fused-ring (bicyclic) bond motifs is 3. The van der Waals surface area contributed by atoms with Gasteiger partial charge in [0.05, 0.1) is 23.3 Å². The molecule has 1 aliphatic heterocycles. The van der Waals surface area contributed by atoms with Gasteiger partial charge in [-0.15, -0.1) is 11.3 Å². The third-order valence-electron chi connectivity index (χ3n) is 5.50. The highest BCUT2D eigenvalue weighted by molar-refractivity contribution is 7.99. The fraction of sp³-hybridized carbons (Fsp3) is 0.409. The fourth-order valence-electron chi connectivity index (χ4n) is 3.54. The number of nitrogens with zero attached hydrogens (tertiary/aromatic N) is 2. The van der Waals surface area contributed by atoms with Gasteiger partial charge in [-0.3, -0.25) is 4.79 Å². The molecular weight excluding hydrogens is 416 g/mol. The number of nitrogens with one attached hydrogen (secondary N) is 1. The van der Waals surface area contributed by atoms with Crippen LogP contribution in [0.3, 0.4) is 0 Å². The Morgan fingerprint density at radius 3 is 2.90 bits per heavy atom. The van der Waals surface area contributed by atoms with Crippen molar-refractivity contribution in [1.82, 2.24) is 15.3 Å². The summed E-state index contributed by atoms with van der Waals surface area (Å²) in [5, 5.41) is 4.44. The molecule has 0 saturated carbocycles. The zero-order valence-corrected chi connectivity index (χ0v) is 18.9. The molecule has 0 bridgehead atoms. The van der Waals surface area contributed by atoms with E-state index >= 15 is 0 Å². The first-order valence-corrected chi connectivity index (χ1v) is 11.9. The predicted molar refractivity (Wildman–Crippen MR) is 123 cm³/mol. The number of nitrogens with two attached hydrogens (primary N) is 1. The summed E-state index contributed by atoms with van der Waals surface area (Å²) in [6.07, 6.45) is 2.58. The highest BCUT2D eigenvalue weighted by Crippen LogP contribution is 2.41. The van der Waals surface area contributed by atoms with Crippen molar-refractivity contribution in [2.75, 3.05) is 18.0 Å². The van der Waals surface area contributed by atoms with Crippen LogP contribution in [0.4, 0.5) is 5.82 Å². The molecule has 0 unspecified atom stereocenters. The Morgan fingerprint density at radius 2 is 2.13 bits per heavy atom.